The van der Waals surface area contributed by atoms with Crippen molar-refractivity contribution in [2.24, 2.45) is 0 Å². The Kier molecular flexibility index (Phi) is 7.17. The van der Waals surface area contributed by atoms with E-state index in [0.29, 0.717) is 27.5 Å². The first kappa shape index (κ1) is 22.7. The zero-order valence-corrected chi connectivity index (χ0v) is 19.3. The van der Waals surface area contributed by atoms with E-state index >= 15 is 0 Å². The maximum atomic E-state index is 12.8. The second-order valence-electron chi connectivity index (χ2n) is 6.90. The fraction of sp³-hybridized carbons (Fsp3) is 0.136. The van der Waals surface area contributed by atoms with E-state index in [2.05, 4.69) is 21.2 Å². The lowest BCUT2D eigenvalue weighted by molar-refractivity contribution is 0.103. The molecule has 0 amide bonds. The Bertz CT molecular complexity index is 1150. The molecule has 0 radical (unpaired) electrons. The number of hydrogen-bond donors (Lipinski definition) is 3. The normalized spacial score (nSPS) is 11.4. The summed E-state index contributed by atoms with van der Waals surface area (Å²) >= 11 is 9.79. The van der Waals surface area contributed by atoms with Crippen molar-refractivity contribution in [3.05, 3.63) is 92.4 Å². The number of ketones is 1. The molecule has 3 aromatic rings. The monoisotopic (exact) mass is 507 g/mol. The highest BCUT2D eigenvalue weighted by molar-refractivity contribution is 9.10. The molecule has 0 atom stereocenters. The molecule has 0 aliphatic rings. The van der Waals surface area contributed by atoms with Gasteiger partial charge in [0.15, 0.2) is 5.78 Å². The van der Waals surface area contributed by atoms with Crippen LogP contribution in [0.3, 0.4) is 0 Å². The van der Waals surface area contributed by atoms with Crippen LogP contribution in [0.15, 0.2) is 65.1 Å². The van der Waals surface area contributed by atoms with Crippen molar-refractivity contribution in [2.75, 3.05) is 11.5 Å². The third-order valence-corrected chi connectivity index (χ3v) is 6.23. The third kappa shape index (κ3) is 5.81. The fourth-order valence-electron chi connectivity index (χ4n) is 3.06. The van der Waals surface area contributed by atoms with E-state index in [9.17, 15) is 19.1 Å². The molecule has 0 aliphatic carbocycles. The number of benzene rings is 3. The summed E-state index contributed by atoms with van der Waals surface area (Å²) in [6, 6.07) is 17.9. The van der Waals surface area contributed by atoms with Crippen molar-refractivity contribution in [3.63, 3.8) is 0 Å². The molecule has 0 unspecified atom stereocenters. The van der Waals surface area contributed by atoms with Crippen molar-refractivity contribution in [3.8, 4) is 0 Å². The van der Waals surface area contributed by atoms with Crippen LogP contribution < -0.4 is 5.32 Å². The first-order valence-corrected chi connectivity index (χ1v) is 12.1. The molecule has 0 aromatic heterocycles. The Labute approximate surface area is 188 Å². The summed E-state index contributed by atoms with van der Waals surface area (Å²) in [5.74, 6) is -0.143. The van der Waals surface area contributed by atoms with Gasteiger partial charge in [0.2, 0.25) is 0 Å². The Hall–Kier alpha value is -1.95. The summed E-state index contributed by atoms with van der Waals surface area (Å²) in [5.41, 5.74) is 4.03. The molecule has 3 aromatic carbocycles. The van der Waals surface area contributed by atoms with Gasteiger partial charge >= 0.3 is 7.60 Å². The number of anilines is 2. The van der Waals surface area contributed by atoms with Crippen LogP contribution in [0.25, 0.3) is 0 Å². The van der Waals surface area contributed by atoms with Crippen LogP contribution in [0, 0.1) is 6.92 Å². The van der Waals surface area contributed by atoms with Crippen LogP contribution in [-0.2, 0) is 11.0 Å². The molecule has 0 saturated heterocycles. The molecule has 8 heteroatoms. The molecule has 0 fully saturated rings. The summed E-state index contributed by atoms with van der Waals surface area (Å²) in [5, 5.41) is 3.55. The minimum Gasteiger partial charge on any atom is -0.355 e. The van der Waals surface area contributed by atoms with Crippen molar-refractivity contribution >= 4 is 52.3 Å². The minimum absolute atomic E-state index is 0.143. The third-order valence-electron chi connectivity index (χ3n) is 4.62. The molecule has 0 spiro atoms. The Morgan fingerprint density at radius 2 is 1.80 bits per heavy atom. The fourth-order valence-corrected chi connectivity index (χ4v) is 4.27. The molecule has 3 rings (SSSR count). The van der Waals surface area contributed by atoms with E-state index in [1.165, 1.54) is 0 Å². The molecule has 156 valence electrons. The average molecular weight is 509 g/mol. The highest BCUT2D eigenvalue weighted by atomic mass is 79.9. The van der Waals surface area contributed by atoms with E-state index < -0.39 is 7.60 Å². The van der Waals surface area contributed by atoms with Gasteiger partial charge in [-0.05, 0) is 60.9 Å². The molecular formula is C22H20BrClNO4P. The summed E-state index contributed by atoms with van der Waals surface area (Å²) < 4.78 is 12.1. The van der Waals surface area contributed by atoms with Crippen molar-refractivity contribution in [1.29, 1.82) is 0 Å². The molecule has 30 heavy (non-hydrogen) atoms. The van der Waals surface area contributed by atoms with E-state index in [-0.39, 0.29) is 18.4 Å². The number of rotatable bonds is 7. The molecule has 0 heterocycles. The van der Waals surface area contributed by atoms with Crippen molar-refractivity contribution in [1.82, 2.24) is 0 Å². The Morgan fingerprint density at radius 3 is 2.47 bits per heavy atom. The van der Waals surface area contributed by atoms with Crippen molar-refractivity contribution in [2.45, 2.75) is 13.3 Å². The summed E-state index contributed by atoms with van der Waals surface area (Å²) in [4.78, 5) is 31.2. The lowest BCUT2D eigenvalue weighted by atomic mass is 9.99. The van der Waals surface area contributed by atoms with Gasteiger partial charge in [-0.2, -0.15) is 0 Å². The maximum Gasteiger partial charge on any atom is 0.325 e. The number of hydrogen-bond acceptors (Lipinski definition) is 3. The van der Waals surface area contributed by atoms with Gasteiger partial charge in [-0.15, -0.1) is 0 Å². The molecule has 5 nitrogen and oxygen atoms in total. The highest BCUT2D eigenvalue weighted by Crippen LogP contribution is 2.37. The zero-order valence-electron chi connectivity index (χ0n) is 16.1. The number of halogens is 2. The summed E-state index contributed by atoms with van der Waals surface area (Å²) in [6.07, 6.45) is -0.0353. The molecule has 3 N–H and O–H groups in total. The van der Waals surface area contributed by atoms with Gasteiger partial charge in [-0.1, -0.05) is 51.8 Å². The average Bonchev–Trinajstić information content (AvgIpc) is 2.67. The second kappa shape index (κ2) is 9.46. The number of carbonyl (C=O) groups is 1. The van der Waals surface area contributed by atoms with Crippen molar-refractivity contribution < 1.29 is 19.1 Å². The predicted molar refractivity (Wildman–Crippen MR) is 124 cm³/mol. The maximum absolute atomic E-state index is 12.8. The van der Waals surface area contributed by atoms with Gasteiger partial charge in [0.25, 0.3) is 0 Å². The van der Waals surface area contributed by atoms with Gasteiger partial charge in [-0.3, -0.25) is 9.36 Å². The van der Waals surface area contributed by atoms with Crippen LogP contribution in [0.2, 0.25) is 5.02 Å². The van der Waals surface area contributed by atoms with Crippen LogP contribution >= 0.6 is 35.1 Å². The van der Waals surface area contributed by atoms with Gasteiger partial charge in [0, 0.05) is 27.0 Å². The van der Waals surface area contributed by atoms with Crippen LogP contribution in [0.4, 0.5) is 11.4 Å². The summed E-state index contributed by atoms with van der Waals surface area (Å²) in [7, 11) is -4.11. The van der Waals surface area contributed by atoms with Gasteiger partial charge in [-0.25, -0.2) is 0 Å². The van der Waals surface area contributed by atoms with Crippen LogP contribution in [0.5, 0.6) is 0 Å². The van der Waals surface area contributed by atoms with Gasteiger partial charge < -0.3 is 15.1 Å². The van der Waals surface area contributed by atoms with E-state index in [1.54, 1.807) is 24.3 Å². The van der Waals surface area contributed by atoms with Gasteiger partial charge in [0.05, 0.1) is 11.2 Å². The standard InChI is InChI=1S/C22H20BrClNO4P/c1-14-4-2-3-5-18(14)22(26)19-8-7-17(13-20(19)24)25-21-9-6-16(23)12-15(21)10-11-30(27,28)29/h2-9,12-13,25H,10-11H2,1H3,(H2,27,28,29). The lowest BCUT2D eigenvalue weighted by Gasteiger charge is -2.14. The smallest absolute Gasteiger partial charge is 0.325 e. The first-order valence-electron chi connectivity index (χ1n) is 9.14. The van der Waals surface area contributed by atoms with E-state index in [4.69, 9.17) is 11.6 Å². The predicted octanol–water partition coefficient (Wildman–Crippen LogP) is 6.11. The minimum atomic E-state index is -4.11. The highest BCUT2D eigenvalue weighted by Gasteiger charge is 2.17. The second-order valence-corrected chi connectivity index (χ2v) is 10.0. The zero-order chi connectivity index (χ0) is 21.9. The molecular weight excluding hydrogens is 489 g/mol. The quantitative estimate of drug-likeness (QED) is 0.265. The Morgan fingerprint density at radius 1 is 1.07 bits per heavy atom. The van der Waals surface area contributed by atoms with Crippen LogP contribution in [-0.4, -0.2) is 21.7 Å². The largest absolute Gasteiger partial charge is 0.355 e. The lowest BCUT2D eigenvalue weighted by Crippen LogP contribution is -2.05. The first-order chi connectivity index (χ1) is 14.1. The Balaban J connectivity index is 1.85. The van der Waals surface area contributed by atoms with Gasteiger partial charge in [0.1, 0.15) is 0 Å². The molecule has 0 bridgehead atoms. The number of aryl methyl sites for hydroxylation is 2. The van der Waals surface area contributed by atoms with Crippen LogP contribution in [0.1, 0.15) is 27.0 Å². The SMILES string of the molecule is Cc1ccccc1C(=O)c1ccc(Nc2ccc(Br)cc2CCP(=O)(O)O)cc1Cl. The molecule has 0 saturated carbocycles. The van der Waals surface area contributed by atoms with E-state index in [1.807, 2.05) is 43.3 Å². The van der Waals surface area contributed by atoms with E-state index in [0.717, 1.165) is 15.6 Å². The topological polar surface area (TPSA) is 86.6 Å². The molecule has 0 aliphatic heterocycles. The summed E-state index contributed by atoms with van der Waals surface area (Å²) in [6.45, 7) is 1.88. The number of carbonyl (C=O) groups excluding carboxylic acids is 1. The number of nitrogens with one attached hydrogen (secondary N) is 1.